The van der Waals surface area contributed by atoms with Gasteiger partial charge < -0.3 is 15.2 Å². The molecule has 0 heterocycles. The van der Waals surface area contributed by atoms with Crippen LogP contribution in [0.2, 0.25) is 0 Å². The summed E-state index contributed by atoms with van der Waals surface area (Å²) in [6.45, 7) is 4.02. The third-order valence-electron chi connectivity index (χ3n) is 3.68. The van der Waals surface area contributed by atoms with Crippen LogP contribution in [-0.2, 0) is 4.79 Å². The Balaban J connectivity index is 2.27. The number of carbonyl (C=O) groups excluding carboxylic acids is 1. The van der Waals surface area contributed by atoms with Gasteiger partial charge in [0.05, 0.1) is 12.6 Å². The first-order valence-corrected chi connectivity index (χ1v) is 8.88. The van der Waals surface area contributed by atoms with E-state index in [1.165, 1.54) is 6.08 Å². The van der Waals surface area contributed by atoms with Crippen LogP contribution in [0.1, 0.15) is 31.0 Å². The first kappa shape index (κ1) is 19.5. The molecule has 134 valence electrons. The molecule has 0 aliphatic rings. The summed E-state index contributed by atoms with van der Waals surface area (Å²) in [6.07, 6.45) is 1.34. The molecule has 2 N–H and O–H groups in total. The maximum absolute atomic E-state index is 12.4. The van der Waals surface area contributed by atoms with E-state index >= 15 is 0 Å². The number of benzene rings is 2. The SMILES string of the molecule is CCOc1cc(Br)cc(/C=C(/C#N)C(=O)N[C@@H](C)c2ccccc2)c1O. The van der Waals surface area contributed by atoms with Crippen LogP contribution >= 0.6 is 15.9 Å². The van der Waals surface area contributed by atoms with Crippen LogP contribution in [0, 0.1) is 11.3 Å². The molecule has 0 aliphatic carbocycles. The van der Waals surface area contributed by atoms with Gasteiger partial charge in [0.15, 0.2) is 11.5 Å². The second-order valence-corrected chi connectivity index (χ2v) is 6.47. The molecule has 0 radical (unpaired) electrons. The van der Waals surface area contributed by atoms with Crippen LogP contribution in [0.4, 0.5) is 0 Å². The third-order valence-corrected chi connectivity index (χ3v) is 4.14. The van der Waals surface area contributed by atoms with E-state index in [-0.39, 0.29) is 23.1 Å². The highest BCUT2D eigenvalue weighted by Crippen LogP contribution is 2.35. The average Bonchev–Trinajstić information content (AvgIpc) is 2.63. The number of carbonyl (C=O) groups is 1. The first-order chi connectivity index (χ1) is 12.5. The van der Waals surface area contributed by atoms with Crippen LogP contribution in [-0.4, -0.2) is 17.6 Å². The van der Waals surface area contributed by atoms with Gasteiger partial charge in [-0.25, -0.2) is 0 Å². The predicted octanol–water partition coefficient (Wildman–Crippen LogP) is 4.34. The Hall–Kier alpha value is -2.78. The number of hydrogen-bond donors (Lipinski definition) is 2. The monoisotopic (exact) mass is 414 g/mol. The molecular weight excluding hydrogens is 396 g/mol. The number of aromatic hydroxyl groups is 1. The molecule has 2 aromatic rings. The van der Waals surface area contributed by atoms with Crippen molar-refractivity contribution in [2.45, 2.75) is 19.9 Å². The predicted molar refractivity (Wildman–Crippen MR) is 104 cm³/mol. The van der Waals surface area contributed by atoms with Gasteiger partial charge in [-0.1, -0.05) is 46.3 Å². The normalized spacial score (nSPS) is 12.2. The van der Waals surface area contributed by atoms with Crippen molar-refractivity contribution in [1.82, 2.24) is 5.32 Å². The van der Waals surface area contributed by atoms with E-state index < -0.39 is 5.91 Å². The molecule has 0 saturated carbocycles. The zero-order valence-electron chi connectivity index (χ0n) is 14.5. The van der Waals surface area contributed by atoms with Crippen molar-refractivity contribution in [1.29, 1.82) is 5.26 Å². The fourth-order valence-corrected chi connectivity index (χ4v) is 2.83. The summed E-state index contributed by atoms with van der Waals surface area (Å²) in [6, 6.07) is 14.3. The molecule has 1 amide bonds. The third kappa shape index (κ3) is 4.87. The molecule has 26 heavy (non-hydrogen) atoms. The van der Waals surface area contributed by atoms with E-state index in [1.807, 2.05) is 43.3 Å². The van der Waals surface area contributed by atoms with Crippen molar-refractivity contribution in [3.05, 3.63) is 63.6 Å². The Bertz CT molecular complexity index is 857. The second kappa shape index (κ2) is 9.07. The van der Waals surface area contributed by atoms with Gasteiger partial charge in [0.25, 0.3) is 5.91 Å². The van der Waals surface area contributed by atoms with Crippen molar-refractivity contribution < 1.29 is 14.6 Å². The van der Waals surface area contributed by atoms with E-state index in [0.717, 1.165) is 5.56 Å². The lowest BCUT2D eigenvalue weighted by atomic mass is 10.1. The highest BCUT2D eigenvalue weighted by molar-refractivity contribution is 9.10. The summed E-state index contributed by atoms with van der Waals surface area (Å²) >= 11 is 3.33. The summed E-state index contributed by atoms with van der Waals surface area (Å²) in [5.41, 5.74) is 1.15. The van der Waals surface area contributed by atoms with Crippen molar-refractivity contribution in [2.75, 3.05) is 6.61 Å². The summed E-state index contributed by atoms with van der Waals surface area (Å²) in [5, 5.41) is 22.5. The fourth-order valence-electron chi connectivity index (χ4n) is 2.37. The number of ether oxygens (including phenoxy) is 1. The average molecular weight is 415 g/mol. The fraction of sp³-hybridized carbons (Fsp3) is 0.200. The zero-order chi connectivity index (χ0) is 19.1. The molecular formula is C20H19BrN2O3. The first-order valence-electron chi connectivity index (χ1n) is 8.09. The van der Waals surface area contributed by atoms with E-state index in [4.69, 9.17) is 4.74 Å². The van der Waals surface area contributed by atoms with Crippen LogP contribution in [0.15, 0.2) is 52.5 Å². The number of hydrogen-bond acceptors (Lipinski definition) is 4. The number of nitrogens with zero attached hydrogens (tertiary/aromatic N) is 1. The van der Waals surface area contributed by atoms with Crippen molar-refractivity contribution in [2.24, 2.45) is 0 Å². The number of amides is 1. The molecule has 0 aliphatic heterocycles. The Labute approximate surface area is 161 Å². The Morgan fingerprint density at radius 1 is 1.38 bits per heavy atom. The molecule has 2 aromatic carbocycles. The molecule has 5 nitrogen and oxygen atoms in total. The Morgan fingerprint density at radius 2 is 2.08 bits per heavy atom. The van der Waals surface area contributed by atoms with Gasteiger partial charge in [-0.05, 0) is 37.6 Å². The molecule has 0 aromatic heterocycles. The largest absolute Gasteiger partial charge is 0.504 e. The quantitative estimate of drug-likeness (QED) is 0.543. The van der Waals surface area contributed by atoms with Gasteiger partial charge in [-0.15, -0.1) is 0 Å². The van der Waals surface area contributed by atoms with Crippen molar-refractivity contribution in [3.8, 4) is 17.6 Å². The van der Waals surface area contributed by atoms with Crippen molar-refractivity contribution in [3.63, 3.8) is 0 Å². The molecule has 1 atom stereocenters. The number of phenols is 1. The number of nitrogens with one attached hydrogen (secondary N) is 1. The molecule has 0 fully saturated rings. The van der Waals surface area contributed by atoms with Gasteiger partial charge in [0.1, 0.15) is 11.6 Å². The Morgan fingerprint density at radius 3 is 2.69 bits per heavy atom. The smallest absolute Gasteiger partial charge is 0.262 e. The van der Waals surface area contributed by atoms with E-state index in [2.05, 4.69) is 21.2 Å². The number of rotatable bonds is 6. The lowest BCUT2D eigenvalue weighted by Gasteiger charge is -2.14. The second-order valence-electron chi connectivity index (χ2n) is 5.55. The van der Waals surface area contributed by atoms with Gasteiger partial charge in [-0.2, -0.15) is 5.26 Å². The van der Waals surface area contributed by atoms with Crippen LogP contribution in [0.25, 0.3) is 6.08 Å². The zero-order valence-corrected chi connectivity index (χ0v) is 16.1. The highest BCUT2D eigenvalue weighted by atomic mass is 79.9. The van der Waals surface area contributed by atoms with Gasteiger partial charge in [0, 0.05) is 10.0 Å². The number of nitriles is 1. The number of halogens is 1. The van der Waals surface area contributed by atoms with Gasteiger partial charge in [0.2, 0.25) is 0 Å². The standard InChI is InChI=1S/C20H19BrN2O3/c1-3-26-18-11-17(21)10-15(19(18)24)9-16(12-22)20(25)23-13(2)14-7-5-4-6-8-14/h4-11,13,24H,3H2,1-2H3,(H,23,25)/b16-9-/t13-/m0/s1. The molecule has 0 saturated heterocycles. The van der Waals surface area contributed by atoms with E-state index in [0.29, 0.717) is 16.6 Å². The summed E-state index contributed by atoms with van der Waals surface area (Å²) in [5.74, 6) is -0.351. The van der Waals surface area contributed by atoms with Crippen LogP contribution in [0.3, 0.4) is 0 Å². The molecule has 0 spiro atoms. The maximum Gasteiger partial charge on any atom is 0.262 e. The summed E-state index contributed by atoms with van der Waals surface area (Å²) < 4.78 is 6.03. The minimum absolute atomic E-state index is 0.108. The summed E-state index contributed by atoms with van der Waals surface area (Å²) in [4.78, 5) is 12.4. The van der Waals surface area contributed by atoms with Crippen LogP contribution < -0.4 is 10.1 Å². The topological polar surface area (TPSA) is 82.3 Å². The Kier molecular flexibility index (Phi) is 6.81. The highest BCUT2D eigenvalue weighted by Gasteiger charge is 2.16. The number of phenolic OH excluding ortho intramolecular Hbond substituents is 1. The van der Waals surface area contributed by atoms with Gasteiger partial charge in [-0.3, -0.25) is 4.79 Å². The van der Waals surface area contributed by atoms with E-state index in [9.17, 15) is 15.2 Å². The molecule has 0 unspecified atom stereocenters. The van der Waals surface area contributed by atoms with E-state index in [1.54, 1.807) is 19.1 Å². The lowest BCUT2D eigenvalue weighted by molar-refractivity contribution is -0.117. The van der Waals surface area contributed by atoms with Crippen LogP contribution in [0.5, 0.6) is 11.5 Å². The lowest BCUT2D eigenvalue weighted by Crippen LogP contribution is -2.27. The molecule has 6 heteroatoms. The van der Waals surface area contributed by atoms with Crippen molar-refractivity contribution >= 4 is 27.9 Å². The maximum atomic E-state index is 12.4. The minimum Gasteiger partial charge on any atom is -0.504 e. The molecule has 0 bridgehead atoms. The van der Waals surface area contributed by atoms with Gasteiger partial charge >= 0.3 is 0 Å². The summed E-state index contributed by atoms with van der Waals surface area (Å²) in [7, 11) is 0. The minimum atomic E-state index is -0.513. The molecule has 2 rings (SSSR count).